The molecule has 0 unspecified atom stereocenters. The molecule has 0 aliphatic carbocycles. The number of benzene rings is 2. The lowest BCUT2D eigenvalue weighted by molar-refractivity contribution is -0.118. The lowest BCUT2D eigenvalue weighted by Gasteiger charge is -2.26. The van der Waals surface area contributed by atoms with Gasteiger partial charge in [-0.15, -0.1) is 0 Å². The third-order valence-electron chi connectivity index (χ3n) is 6.64. The normalized spacial score (nSPS) is 13.8. The zero-order valence-corrected chi connectivity index (χ0v) is 20.9. The summed E-state index contributed by atoms with van der Waals surface area (Å²) in [6, 6.07) is 17.4. The number of nitrogens with zero attached hydrogens (tertiary/aromatic N) is 2. The fraction of sp³-hybridized carbons (Fsp3) is 0.400. The molecule has 3 heteroatoms. The van der Waals surface area contributed by atoms with Gasteiger partial charge in [-0.1, -0.05) is 65.8 Å². The van der Waals surface area contributed by atoms with Gasteiger partial charge >= 0.3 is 0 Å². The average Bonchev–Trinajstić information content (AvgIpc) is 3.20. The van der Waals surface area contributed by atoms with Crippen LogP contribution in [0.2, 0.25) is 0 Å². The second-order valence-corrected chi connectivity index (χ2v) is 11.3. The number of hydrogen-bond acceptors (Lipinski definition) is 2. The van der Waals surface area contributed by atoms with Crippen LogP contribution in [0.4, 0.5) is 5.69 Å². The minimum absolute atomic E-state index is 0.0838. The first-order chi connectivity index (χ1) is 15.5. The van der Waals surface area contributed by atoms with Gasteiger partial charge in [0, 0.05) is 31.0 Å². The number of aryl methyl sites for hydroxylation is 1. The van der Waals surface area contributed by atoms with E-state index in [1.165, 1.54) is 27.8 Å². The zero-order chi connectivity index (χ0) is 23.8. The molecule has 3 nitrogen and oxygen atoms in total. The number of pyridine rings is 1. The number of fused-ring (bicyclic) bond motifs is 1. The maximum absolute atomic E-state index is 13.2. The van der Waals surface area contributed by atoms with Crippen LogP contribution in [0.5, 0.6) is 0 Å². The van der Waals surface area contributed by atoms with E-state index in [0.29, 0.717) is 6.42 Å². The highest BCUT2D eigenvalue weighted by Gasteiger charge is 2.25. The van der Waals surface area contributed by atoms with Crippen molar-refractivity contribution in [3.63, 3.8) is 0 Å². The molecule has 0 bridgehead atoms. The van der Waals surface area contributed by atoms with Crippen molar-refractivity contribution in [2.24, 2.45) is 0 Å². The molecular weight excluding hydrogens is 404 g/mol. The standard InChI is InChI=1S/C30H36N2O/c1-29(2,3)25-17-21(18-26(20-25)30(4,5)6)7-10-28(33)32-16-13-24-19-23(8-9-27(24)32)22-11-14-31-15-12-22/h8-9,11-12,14-15,17-20H,7,10,13,16H2,1-6H3. The van der Waals surface area contributed by atoms with Gasteiger partial charge in [-0.25, -0.2) is 0 Å². The van der Waals surface area contributed by atoms with Gasteiger partial charge in [0.25, 0.3) is 0 Å². The van der Waals surface area contributed by atoms with Crippen molar-refractivity contribution in [2.75, 3.05) is 11.4 Å². The van der Waals surface area contributed by atoms with E-state index < -0.39 is 0 Å². The summed E-state index contributed by atoms with van der Waals surface area (Å²) in [6.07, 6.45) is 5.85. The predicted molar refractivity (Wildman–Crippen MR) is 138 cm³/mol. The van der Waals surface area contributed by atoms with Crippen LogP contribution in [0.1, 0.15) is 70.2 Å². The lowest BCUT2D eigenvalue weighted by Crippen LogP contribution is -2.29. The van der Waals surface area contributed by atoms with Crippen LogP contribution in [-0.4, -0.2) is 17.4 Å². The summed E-state index contributed by atoms with van der Waals surface area (Å²) in [7, 11) is 0. The Hall–Kier alpha value is -2.94. The summed E-state index contributed by atoms with van der Waals surface area (Å²) in [5, 5.41) is 0. The number of amides is 1. The fourth-order valence-electron chi connectivity index (χ4n) is 4.47. The van der Waals surface area contributed by atoms with Gasteiger partial charge in [0.05, 0.1) is 0 Å². The van der Waals surface area contributed by atoms with Crippen LogP contribution in [0.25, 0.3) is 11.1 Å². The first-order valence-electron chi connectivity index (χ1n) is 12.0. The summed E-state index contributed by atoms with van der Waals surface area (Å²) in [4.78, 5) is 19.3. The van der Waals surface area contributed by atoms with Gasteiger partial charge in [-0.05, 0) is 81.3 Å². The second kappa shape index (κ2) is 8.78. The molecule has 0 saturated carbocycles. The lowest BCUT2D eigenvalue weighted by atomic mass is 9.79. The molecule has 0 spiro atoms. The Balaban J connectivity index is 1.51. The Labute approximate surface area is 198 Å². The average molecular weight is 441 g/mol. The molecular formula is C30H36N2O. The monoisotopic (exact) mass is 440 g/mol. The number of rotatable bonds is 4. The molecule has 33 heavy (non-hydrogen) atoms. The van der Waals surface area contributed by atoms with Gasteiger partial charge in [0.2, 0.25) is 5.91 Å². The Morgan fingerprint density at radius 3 is 2.09 bits per heavy atom. The second-order valence-electron chi connectivity index (χ2n) is 11.3. The van der Waals surface area contributed by atoms with Gasteiger partial charge in [-0.2, -0.15) is 0 Å². The van der Waals surface area contributed by atoms with E-state index in [2.05, 4.69) is 82.9 Å². The summed E-state index contributed by atoms with van der Waals surface area (Å²) in [5.74, 6) is 0.212. The summed E-state index contributed by atoms with van der Waals surface area (Å²) in [5.41, 5.74) is 8.76. The molecule has 3 aromatic rings. The highest BCUT2D eigenvalue weighted by Crippen LogP contribution is 2.34. The molecule has 0 atom stereocenters. The molecule has 0 saturated heterocycles. The number of aromatic nitrogens is 1. The fourth-order valence-corrected chi connectivity index (χ4v) is 4.47. The van der Waals surface area contributed by atoms with Crippen molar-refractivity contribution in [2.45, 2.75) is 71.6 Å². The molecule has 0 radical (unpaired) electrons. The topological polar surface area (TPSA) is 33.2 Å². The van der Waals surface area contributed by atoms with E-state index in [4.69, 9.17) is 0 Å². The SMILES string of the molecule is CC(C)(C)c1cc(CCC(=O)N2CCc3cc(-c4ccncc4)ccc32)cc(C(C)(C)C)c1. The highest BCUT2D eigenvalue weighted by molar-refractivity contribution is 5.96. The summed E-state index contributed by atoms with van der Waals surface area (Å²) in [6.45, 7) is 14.3. The zero-order valence-electron chi connectivity index (χ0n) is 20.9. The first kappa shape index (κ1) is 23.2. The van der Waals surface area contributed by atoms with Crippen molar-refractivity contribution in [1.29, 1.82) is 0 Å². The molecule has 4 rings (SSSR count). The van der Waals surface area contributed by atoms with E-state index in [1.54, 1.807) is 0 Å². The van der Waals surface area contributed by atoms with Crippen LogP contribution in [-0.2, 0) is 28.5 Å². The maximum atomic E-state index is 13.2. The minimum atomic E-state index is 0.0838. The predicted octanol–water partition coefficient (Wildman–Crippen LogP) is 6.87. The smallest absolute Gasteiger partial charge is 0.227 e. The van der Waals surface area contributed by atoms with Crippen molar-refractivity contribution in [3.8, 4) is 11.1 Å². The number of carbonyl (C=O) groups excluding carboxylic acids is 1. The molecule has 2 aromatic carbocycles. The summed E-state index contributed by atoms with van der Waals surface area (Å²) < 4.78 is 0. The highest BCUT2D eigenvalue weighted by atomic mass is 16.2. The van der Waals surface area contributed by atoms with Crippen LogP contribution >= 0.6 is 0 Å². The molecule has 1 aliphatic heterocycles. The van der Waals surface area contributed by atoms with Gasteiger partial charge in [-0.3, -0.25) is 9.78 Å². The first-order valence-corrected chi connectivity index (χ1v) is 12.0. The molecule has 0 N–H and O–H groups in total. The Morgan fingerprint density at radius 1 is 0.848 bits per heavy atom. The van der Waals surface area contributed by atoms with Crippen molar-refractivity contribution in [3.05, 3.63) is 83.2 Å². The van der Waals surface area contributed by atoms with Gasteiger partial charge in [0.15, 0.2) is 0 Å². The third-order valence-corrected chi connectivity index (χ3v) is 6.64. The number of carbonyl (C=O) groups is 1. The molecule has 2 heterocycles. The Bertz CT molecular complexity index is 1120. The largest absolute Gasteiger partial charge is 0.312 e. The molecule has 1 aliphatic rings. The van der Waals surface area contributed by atoms with E-state index in [1.807, 2.05) is 29.4 Å². The maximum Gasteiger partial charge on any atom is 0.227 e. The van der Waals surface area contributed by atoms with Crippen molar-refractivity contribution >= 4 is 11.6 Å². The van der Waals surface area contributed by atoms with Crippen LogP contribution in [0, 0.1) is 0 Å². The van der Waals surface area contributed by atoms with Gasteiger partial charge < -0.3 is 4.90 Å². The third kappa shape index (κ3) is 5.19. The number of hydrogen-bond donors (Lipinski definition) is 0. The van der Waals surface area contributed by atoms with E-state index in [9.17, 15) is 4.79 Å². The summed E-state index contributed by atoms with van der Waals surface area (Å²) >= 11 is 0. The van der Waals surface area contributed by atoms with Gasteiger partial charge in [0.1, 0.15) is 0 Å². The minimum Gasteiger partial charge on any atom is -0.312 e. The molecule has 1 aromatic heterocycles. The van der Waals surface area contributed by atoms with Crippen LogP contribution in [0.15, 0.2) is 60.9 Å². The van der Waals surface area contributed by atoms with Crippen molar-refractivity contribution < 1.29 is 4.79 Å². The molecule has 0 fully saturated rings. The Morgan fingerprint density at radius 2 is 1.48 bits per heavy atom. The van der Waals surface area contributed by atoms with Crippen molar-refractivity contribution in [1.82, 2.24) is 4.98 Å². The quantitative estimate of drug-likeness (QED) is 0.444. The Kier molecular flexibility index (Phi) is 6.18. The van der Waals surface area contributed by atoms with Crippen LogP contribution in [0.3, 0.4) is 0 Å². The molecule has 1 amide bonds. The number of anilines is 1. The molecule has 172 valence electrons. The van der Waals surface area contributed by atoms with Crippen LogP contribution < -0.4 is 4.90 Å². The van der Waals surface area contributed by atoms with E-state index in [-0.39, 0.29) is 16.7 Å². The van der Waals surface area contributed by atoms with E-state index in [0.717, 1.165) is 30.6 Å². The van der Waals surface area contributed by atoms with E-state index >= 15 is 0 Å².